The minimum atomic E-state index is 0.0278. The molecule has 0 amide bonds. The highest BCUT2D eigenvalue weighted by Crippen LogP contribution is 2.50. The molecule has 3 heteroatoms. The molecule has 0 spiro atoms. The number of rotatable bonds is 4. The topological polar surface area (TPSA) is 29.1 Å². The molecule has 148 valence electrons. The third-order valence-electron chi connectivity index (χ3n) is 6.10. The van der Waals surface area contributed by atoms with Gasteiger partial charge < -0.3 is 5.32 Å². The monoisotopic (exact) mass is 411 g/mol. The molecule has 3 aromatic rings. The summed E-state index contributed by atoms with van der Waals surface area (Å²) >= 11 is 6.08. The highest BCUT2D eigenvalue weighted by molar-refractivity contribution is 6.30. The molecule has 2 aliphatic rings. The zero-order valence-corrected chi connectivity index (χ0v) is 17.2. The molecule has 1 N–H and O–H groups in total. The van der Waals surface area contributed by atoms with E-state index in [0.29, 0.717) is 11.8 Å². The first-order chi connectivity index (χ1) is 14.7. The van der Waals surface area contributed by atoms with Crippen LogP contribution in [0.25, 0.3) is 6.08 Å². The molecule has 0 saturated carbocycles. The largest absolute Gasteiger partial charge is 0.378 e. The maximum atomic E-state index is 12.8. The Morgan fingerprint density at radius 3 is 2.60 bits per heavy atom. The summed E-state index contributed by atoms with van der Waals surface area (Å²) in [7, 11) is 0. The summed E-state index contributed by atoms with van der Waals surface area (Å²) in [4.78, 5) is 12.8. The van der Waals surface area contributed by atoms with Gasteiger partial charge in [0.25, 0.3) is 0 Å². The van der Waals surface area contributed by atoms with E-state index < -0.39 is 0 Å². The first-order valence-corrected chi connectivity index (χ1v) is 10.7. The Hall–Kier alpha value is -3.10. The van der Waals surface area contributed by atoms with Crippen molar-refractivity contribution < 1.29 is 4.79 Å². The molecule has 3 unspecified atom stereocenters. The van der Waals surface area contributed by atoms with Gasteiger partial charge in [-0.15, -0.1) is 0 Å². The second-order valence-corrected chi connectivity index (χ2v) is 8.37. The van der Waals surface area contributed by atoms with E-state index in [9.17, 15) is 4.79 Å². The van der Waals surface area contributed by atoms with Crippen molar-refractivity contribution in [1.29, 1.82) is 0 Å². The summed E-state index contributed by atoms with van der Waals surface area (Å²) in [6, 6.07) is 24.3. The number of hydrogen-bond donors (Lipinski definition) is 1. The van der Waals surface area contributed by atoms with E-state index >= 15 is 0 Å². The fourth-order valence-corrected chi connectivity index (χ4v) is 4.71. The summed E-state index contributed by atoms with van der Waals surface area (Å²) in [6.07, 6.45) is 9.11. The van der Waals surface area contributed by atoms with Gasteiger partial charge in [0.1, 0.15) is 0 Å². The van der Waals surface area contributed by atoms with Crippen molar-refractivity contribution in [2.45, 2.75) is 18.4 Å². The lowest BCUT2D eigenvalue weighted by Crippen LogP contribution is -2.29. The highest BCUT2D eigenvalue weighted by atomic mass is 35.5. The molecule has 3 aromatic carbocycles. The summed E-state index contributed by atoms with van der Waals surface area (Å²) in [5.41, 5.74) is 5.31. The first-order valence-electron chi connectivity index (χ1n) is 10.3. The van der Waals surface area contributed by atoms with Gasteiger partial charge in [-0.1, -0.05) is 72.3 Å². The molecule has 5 rings (SSSR count). The van der Waals surface area contributed by atoms with Gasteiger partial charge >= 0.3 is 0 Å². The standard InChI is InChI=1S/C27H22ClNO/c28-21-13-10-19(11-14-21)27-23-8-4-7-22(23)24-17-20(12-15-25(24)29-27)26(30)16-9-18-5-2-1-3-6-18/h1-7,9-17,22-23,27,29H,8H2/b16-9+. The molecule has 30 heavy (non-hydrogen) atoms. The quantitative estimate of drug-likeness (QED) is 0.283. The second-order valence-electron chi connectivity index (χ2n) is 7.94. The van der Waals surface area contributed by atoms with Crippen LogP contribution in [0.2, 0.25) is 5.02 Å². The first kappa shape index (κ1) is 18.9. The Kier molecular flexibility index (Phi) is 5.02. The van der Waals surface area contributed by atoms with Gasteiger partial charge in [-0.25, -0.2) is 0 Å². The number of carbonyl (C=O) groups excluding carboxylic acids is 1. The molecule has 0 saturated heterocycles. The average molecular weight is 412 g/mol. The second kappa shape index (κ2) is 7.97. The maximum absolute atomic E-state index is 12.8. The Morgan fingerprint density at radius 2 is 1.80 bits per heavy atom. The number of benzene rings is 3. The van der Waals surface area contributed by atoms with Crippen LogP contribution in [0, 0.1) is 5.92 Å². The van der Waals surface area contributed by atoms with E-state index in [1.807, 2.05) is 60.7 Å². The predicted molar refractivity (Wildman–Crippen MR) is 124 cm³/mol. The Balaban J connectivity index is 1.44. The van der Waals surface area contributed by atoms with Crippen LogP contribution in [-0.4, -0.2) is 5.78 Å². The van der Waals surface area contributed by atoms with Crippen LogP contribution in [0.3, 0.4) is 0 Å². The average Bonchev–Trinajstić information content (AvgIpc) is 3.28. The van der Waals surface area contributed by atoms with Gasteiger partial charge in [-0.05, 0) is 65.4 Å². The van der Waals surface area contributed by atoms with Crippen LogP contribution in [-0.2, 0) is 0 Å². The van der Waals surface area contributed by atoms with Crippen LogP contribution < -0.4 is 5.32 Å². The lowest BCUT2D eigenvalue weighted by molar-refractivity contribution is 0.104. The van der Waals surface area contributed by atoms with E-state index in [0.717, 1.165) is 28.3 Å². The smallest absolute Gasteiger partial charge is 0.185 e. The van der Waals surface area contributed by atoms with Crippen molar-refractivity contribution in [3.63, 3.8) is 0 Å². The lowest BCUT2D eigenvalue weighted by Gasteiger charge is -2.37. The van der Waals surface area contributed by atoms with E-state index in [4.69, 9.17) is 11.6 Å². The van der Waals surface area contributed by atoms with Crippen LogP contribution >= 0.6 is 11.6 Å². The van der Waals surface area contributed by atoms with Gasteiger partial charge in [-0.2, -0.15) is 0 Å². The van der Waals surface area contributed by atoms with Gasteiger partial charge in [0.05, 0.1) is 6.04 Å². The van der Waals surface area contributed by atoms with Gasteiger partial charge in [0.15, 0.2) is 5.78 Å². The highest BCUT2D eigenvalue weighted by Gasteiger charge is 2.38. The fourth-order valence-electron chi connectivity index (χ4n) is 4.58. The van der Waals surface area contributed by atoms with Crippen LogP contribution in [0.1, 0.15) is 45.4 Å². The normalized spacial score (nSPS) is 21.8. The molecular formula is C27H22ClNO. The van der Waals surface area contributed by atoms with Gasteiger partial charge in [-0.3, -0.25) is 4.79 Å². The number of carbonyl (C=O) groups is 1. The summed E-state index contributed by atoms with van der Waals surface area (Å²) < 4.78 is 0. The molecule has 1 aliphatic heterocycles. The van der Waals surface area contributed by atoms with E-state index in [2.05, 4.69) is 35.7 Å². The number of anilines is 1. The van der Waals surface area contributed by atoms with Crippen molar-refractivity contribution in [3.8, 4) is 0 Å². The zero-order valence-electron chi connectivity index (χ0n) is 16.5. The number of allylic oxidation sites excluding steroid dienone is 3. The third kappa shape index (κ3) is 3.59. The number of nitrogens with one attached hydrogen (secondary N) is 1. The minimum absolute atomic E-state index is 0.0278. The SMILES string of the molecule is O=C(/C=C/c1ccccc1)c1ccc2c(c1)C1C=CCC1C(c1ccc(Cl)cc1)N2. The van der Waals surface area contributed by atoms with Crippen LogP contribution in [0.4, 0.5) is 5.69 Å². The Morgan fingerprint density at radius 1 is 1.00 bits per heavy atom. The van der Waals surface area contributed by atoms with Crippen LogP contribution in [0.5, 0.6) is 0 Å². The molecule has 1 aliphatic carbocycles. The Bertz CT molecular complexity index is 1130. The van der Waals surface area contributed by atoms with Crippen molar-refractivity contribution in [3.05, 3.63) is 118 Å². The van der Waals surface area contributed by atoms with Crippen molar-refractivity contribution in [1.82, 2.24) is 0 Å². The van der Waals surface area contributed by atoms with Gasteiger partial charge in [0, 0.05) is 22.2 Å². The number of ketones is 1. The number of hydrogen-bond acceptors (Lipinski definition) is 2. The number of halogens is 1. The molecular weight excluding hydrogens is 390 g/mol. The molecule has 0 aromatic heterocycles. The van der Waals surface area contributed by atoms with E-state index in [1.165, 1.54) is 11.1 Å². The molecule has 2 nitrogen and oxygen atoms in total. The van der Waals surface area contributed by atoms with Crippen LogP contribution in [0.15, 0.2) is 91.0 Å². The number of fused-ring (bicyclic) bond motifs is 3. The zero-order chi connectivity index (χ0) is 20.5. The molecule has 0 fully saturated rings. The summed E-state index contributed by atoms with van der Waals surface area (Å²) in [5, 5.41) is 4.47. The molecule has 3 atom stereocenters. The van der Waals surface area contributed by atoms with E-state index in [1.54, 1.807) is 6.08 Å². The van der Waals surface area contributed by atoms with Crippen molar-refractivity contribution in [2.75, 3.05) is 5.32 Å². The maximum Gasteiger partial charge on any atom is 0.185 e. The minimum Gasteiger partial charge on any atom is -0.378 e. The molecule has 0 radical (unpaired) electrons. The molecule has 0 bridgehead atoms. The Labute approximate surface area is 181 Å². The van der Waals surface area contributed by atoms with Crippen molar-refractivity contribution >= 4 is 29.1 Å². The summed E-state index contributed by atoms with van der Waals surface area (Å²) in [5.74, 6) is 0.775. The van der Waals surface area contributed by atoms with E-state index in [-0.39, 0.29) is 11.8 Å². The molecule has 1 heterocycles. The third-order valence-corrected chi connectivity index (χ3v) is 6.36. The fraction of sp³-hybridized carbons (Fsp3) is 0.148. The van der Waals surface area contributed by atoms with Crippen molar-refractivity contribution in [2.24, 2.45) is 5.92 Å². The summed E-state index contributed by atoms with van der Waals surface area (Å²) in [6.45, 7) is 0. The predicted octanol–water partition coefficient (Wildman–Crippen LogP) is 7.06. The van der Waals surface area contributed by atoms with Gasteiger partial charge in [0.2, 0.25) is 0 Å². The lowest BCUT2D eigenvalue weighted by atomic mass is 9.76.